The number of carbonyl (C=O) groups excluding carboxylic acids is 2. The molecule has 3 fully saturated rings. The van der Waals surface area contributed by atoms with E-state index in [9.17, 15) is 14.7 Å². The molecule has 1 aromatic carbocycles. The summed E-state index contributed by atoms with van der Waals surface area (Å²) in [5, 5.41) is 23.9. The number of aromatic nitrogens is 5. The first-order valence-electron chi connectivity index (χ1n) is 24.3. The number of aromatic hydroxyl groups is 1. The molecule has 358 valence electrons. The lowest BCUT2D eigenvalue weighted by Crippen LogP contribution is -2.68. The number of para-hydroxylation sites is 1. The van der Waals surface area contributed by atoms with Gasteiger partial charge in [0.25, 0.3) is 0 Å². The fourth-order valence-corrected chi connectivity index (χ4v) is 10.3. The molecule has 16 heteroatoms. The summed E-state index contributed by atoms with van der Waals surface area (Å²) >= 11 is 0. The second-order valence-corrected chi connectivity index (χ2v) is 21.2. The molecule has 2 saturated heterocycles. The summed E-state index contributed by atoms with van der Waals surface area (Å²) in [6.07, 6.45) is 13.2. The summed E-state index contributed by atoms with van der Waals surface area (Å²) in [5.41, 5.74) is 5.36. The Morgan fingerprint density at radius 3 is 2.38 bits per heavy atom. The second kappa shape index (κ2) is 20.5. The van der Waals surface area contributed by atoms with Crippen molar-refractivity contribution in [3.8, 4) is 17.0 Å². The monoisotopic (exact) mass is 910 g/mol. The highest BCUT2D eigenvalue weighted by Gasteiger charge is 2.55. The molecular weight excluding hydrogens is 837 g/mol. The third-order valence-electron chi connectivity index (χ3n) is 13.9. The van der Waals surface area contributed by atoms with Crippen molar-refractivity contribution in [2.75, 3.05) is 98.3 Å². The highest BCUT2D eigenvalue weighted by Crippen LogP contribution is 2.51. The normalized spacial score (nSPS) is 19.2. The number of unbranched alkanes of at least 4 members (excludes halogenated alkanes) is 2. The molecule has 3 aromatic heterocycles. The first kappa shape index (κ1) is 47.6. The van der Waals surface area contributed by atoms with Crippen LogP contribution in [0.15, 0.2) is 42.7 Å². The molecule has 0 radical (unpaired) electrons. The molecular formula is C50H73N10O6+. The fourth-order valence-electron chi connectivity index (χ4n) is 10.3. The third-order valence-corrected chi connectivity index (χ3v) is 13.9. The minimum Gasteiger partial charge on any atom is -0.507 e. The maximum atomic E-state index is 12.5. The highest BCUT2D eigenvalue weighted by atomic mass is 16.6. The van der Waals surface area contributed by atoms with Gasteiger partial charge >= 0.3 is 6.09 Å². The van der Waals surface area contributed by atoms with Crippen LogP contribution < -0.4 is 10.2 Å². The van der Waals surface area contributed by atoms with E-state index in [1.165, 1.54) is 11.1 Å². The molecule has 1 saturated carbocycles. The van der Waals surface area contributed by atoms with Gasteiger partial charge in [0.1, 0.15) is 17.9 Å². The number of anilines is 1. The first-order chi connectivity index (χ1) is 31.6. The van der Waals surface area contributed by atoms with Crippen LogP contribution in [0.3, 0.4) is 0 Å². The topological polar surface area (TPSA) is 171 Å². The molecule has 3 N–H and O–H groups in total. The molecule has 3 aliphatic heterocycles. The lowest BCUT2D eigenvalue weighted by molar-refractivity contribution is -0.870. The number of fused-ring (bicyclic) bond motifs is 3. The smallest absolute Gasteiger partial charge is 0.410 e. The summed E-state index contributed by atoms with van der Waals surface area (Å²) in [7, 11) is 6.41. The molecule has 8 rings (SSSR count). The van der Waals surface area contributed by atoms with E-state index in [1.54, 1.807) is 12.1 Å². The molecule has 4 aliphatic rings. The number of nitrogens with zero attached hydrogens (tertiary/aromatic N) is 8. The number of ether oxygens (including phenoxy) is 3. The SMILES string of the molecule is CC(C)(C)OC(=O)N1CC2(CC(N3CCC(c4cnc(N5CCc6[nH]c7nnc(-c8ccccc8O)cc7c6[C@H]5CCCCCNC(=O)CCOCCOCC[N+](C)(C)C)nc4)CC3)C2)C1. The van der Waals surface area contributed by atoms with Gasteiger partial charge in [-0.2, -0.15) is 0 Å². The molecule has 4 aromatic rings. The summed E-state index contributed by atoms with van der Waals surface area (Å²) in [6, 6.07) is 9.88. The number of quaternary nitrogens is 1. The summed E-state index contributed by atoms with van der Waals surface area (Å²) in [6.45, 7) is 13.9. The number of nitrogens with one attached hydrogen (secondary N) is 2. The Kier molecular flexibility index (Phi) is 14.8. The molecule has 1 atom stereocenters. The number of phenols is 1. The van der Waals surface area contributed by atoms with E-state index in [0.29, 0.717) is 62.6 Å². The van der Waals surface area contributed by atoms with Gasteiger partial charge in [0.15, 0.2) is 5.65 Å². The van der Waals surface area contributed by atoms with Gasteiger partial charge in [-0.3, -0.25) is 4.79 Å². The number of benzene rings is 1. The van der Waals surface area contributed by atoms with E-state index >= 15 is 0 Å². The largest absolute Gasteiger partial charge is 0.507 e. The Balaban J connectivity index is 0.851. The quantitative estimate of drug-likeness (QED) is 0.0681. The number of rotatable bonds is 19. The predicted octanol–water partition coefficient (Wildman–Crippen LogP) is 6.61. The van der Waals surface area contributed by atoms with Crippen LogP contribution in [0.2, 0.25) is 0 Å². The Morgan fingerprint density at radius 2 is 1.67 bits per heavy atom. The van der Waals surface area contributed by atoms with E-state index in [0.717, 1.165) is 124 Å². The van der Waals surface area contributed by atoms with Crippen molar-refractivity contribution in [2.45, 2.75) is 109 Å². The summed E-state index contributed by atoms with van der Waals surface area (Å²) < 4.78 is 17.7. The highest BCUT2D eigenvalue weighted by molar-refractivity contribution is 5.86. The van der Waals surface area contributed by atoms with Crippen molar-refractivity contribution in [3.05, 3.63) is 59.5 Å². The minimum atomic E-state index is -0.463. The third kappa shape index (κ3) is 11.8. The first-order valence-corrected chi connectivity index (χ1v) is 24.3. The van der Waals surface area contributed by atoms with Crippen LogP contribution in [0, 0.1) is 5.41 Å². The average molecular weight is 910 g/mol. The number of H-pyrrole nitrogens is 1. The zero-order chi connectivity index (χ0) is 46.5. The molecule has 0 bridgehead atoms. The van der Waals surface area contributed by atoms with Crippen LogP contribution in [-0.4, -0.2) is 162 Å². The van der Waals surface area contributed by atoms with E-state index in [1.807, 2.05) is 43.9 Å². The van der Waals surface area contributed by atoms with Gasteiger partial charge in [-0.1, -0.05) is 25.0 Å². The maximum Gasteiger partial charge on any atom is 0.410 e. The predicted molar refractivity (Wildman–Crippen MR) is 254 cm³/mol. The Bertz CT molecular complexity index is 2250. The zero-order valence-electron chi connectivity index (χ0n) is 40.2. The molecule has 1 aliphatic carbocycles. The van der Waals surface area contributed by atoms with Crippen LogP contribution >= 0.6 is 0 Å². The Morgan fingerprint density at radius 1 is 0.939 bits per heavy atom. The van der Waals surface area contributed by atoms with Crippen LogP contribution in [0.25, 0.3) is 22.3 Å². The number of hydrogen-bond acceptors (Lipinski definition) is 12. The number of likely N-dealkylation sites (N-methyl/N-ethyl adjacent to an activating group) is 1. The van der Waals surface area contributed by atoms with Gasteiger partial charge in [-0.25, -0.2) is 14.8 Å². The average Bonchev–Trinajstić information content (AvgIpc) is 3.62. The number of amides is 2. The Labute approximate surface area is 390 Å². The summed E-state index contributed by atoms with van der Waals surface area (Å²) in [4.78, 5) is 45.6. The van der Waals surface area contributed by atoms with E-state index < -0.39 is 5.60 Å². The standard InChI is InChI=1S/C50H72N10O6/c1-49(2,3)66-48(63)58-33-50(34-58)29-37(30-50)57-20-15-35(16-21-57)36-31-52-47(53-32-36)59-22-17-40-45(39-28-41(55-56-46(39)54-40)38-12-9-10-14-43(38)61)42(59)13-8-7-11-19-51-44(62)18-24-64-26-27-65-25-23-60(4,5)6/h9-10,12,14,28,31-32,35,37,42H,7-8,11,13,15-27,29-30,33-34H2,1-6H3,(H2-,51,54,55,56,61,62)/p+1/t42-/m1/s1. The van der Waals surface area contributed by atoms with Gasteiger partial charge in [0.05, 0.1) is 59.3 Å². The van der Waals surface area contributed by atoms with Crippen molar-refractivity contribution >= 4 is 29.0 Å². The second-order valence-electron chi connectivity index (χ2n) is 21.2. The molecule has 6 heterocycles. The number of carbonyl (C=O) groups is 2. The molecule has 66 heavy (non-hydrogen) atoms. The van der Waals surface area contributed by atoms with E-state index in [4.69, 9.17) is 24.2 Å². The van der Waals surface area contributed by atoms with Crippen LogP contribution in [0.5, 0.6) is 5.75 Å². The number of aromatic amines is 1. The van der Waals surface area contributed by atoms with Crippen molar-refractivity contribution in [3.63, 3.8) is 0 Å². The Hall–Kier alpha value is -4.90. The van der Waals surface area contributed by atoms with Crippen molar-refractivity contribution < 1.29 is 33.4 Å². The molecule has 2 amide bonds. The molecule has 1 spiro atoms. The van der Waals surface area contributed by atoms with Crippen molar-refractivity contribution in [1.82, 2.24) is 40.3 Å². The zero-order valence-corrected chi connectivity index (χ0v) is 40.2. The molecule has 0 unspecified atom stereocenters. The van der Waals surface area contributed by atoms with Gasteiger partial charge < -0.3 is 48.8 Å². The fraction of sp³-hybridized carbons (Fsp3) is 0.640. The van der Waals surface area contributed by atoms with E-state index in [2.05, 4.69) is 63.8 Å². The molecule has 16 nitrogen and oxygen atoms in total. The van der Waals surface area contributed by atoms with Gasteiger partial charge in [-0.05, 0) is 102 Å². The van der Waals surface area contributed by atoms with E-state index in [-0.39, 0.29) is 29.2 Å². The minimum absolute atomic E-state index is 0.00101. The lowest BCUT2D eigenvalue weighted by Gasteiger charge is -2.61. The van der Waals surface area contributed by atoms with Crippen molar-refractivity contribution in [1.29, 1.82) is 0 Å². The number of phenolic OH excluding ortho intramolecular Hbond substituents is 1. The van der Waals surface area contributed by atoms with Crippen molar-refractivity contribution in [2.24, 2.45) is 5.41 Å². The van der Waals surface area contributed by atoms with Crippen LogP contribution in [0.4, 0.5) is 10.7 Å². The lowest BCUT2D eigenvalue weighted by atomic mass is 9.60. The van der Waals surface area contributed by atoms with Crippen LogP contribution in [0.1, 0.15) is 107 Å². The number of likely N-dealkylation sites (tertiary alicyclic amines) is 2. The summed E-state index contributed by atoms with van der Waals surface area (Å²) in [5.74, 6) is 1.33. The number of piperidine rings is 1. The maximum absolute atomic E-state index is 12.5. The number of hydrogen-bond donors (Lipinski definition) is 3. The van der Waals surface area contributed by atoms with Gasteiger partial charge in [0.2, 0.25) is 11.9 Å². The van der Waals surface area contributed by atoms with Gasteiger partial charge in [-0.15, -0.1) is 10.2 Å². The van der Waals surface area contributed by atoms with Crippen LogP contribution in [-0.2, 0) is 25.4 Å². The van der Waals surface area contributed by atoms with Gasteiger partial charge in [0, 0.05) is 85.1 Å².